The largest absolute Gasteiger partial charge is 0.755 e. The lowest BCUT2D eigenvalue weighted by molar-refractivity contribution is 0.0703. The topological polar surface area (TPSA) is 93.6 Å². The van der Waals surface area contributed by atoms with Gasteiger partial charge in [-0.15, -0.1) is 11.3 Å². The molecule has 0 aliphatic carbocycles. The summed E-state index contributed by atoms with van der Waals surface area (Å²) in [7, 11) is 0. The number of carboxylic acid groups (broad SMARTS) is 1. The Balaban J connectivity index is 2.20. The quantitative estimate of drug-likeness (QED) is 0.688. The maximum atomic E-state index is 11.9. The molecule has 0 radical (unpaired) electrons. The van der Waals surface area contributed by atoms with E-state index in [0.717, 1.165) is 15.6 Å². The molecule has 1 atom stereocenters. The van der Waals surface area contributed by atoms with Crippen LogP contribution in [0, 0.1) is 6.92 Å². The minimum absolute atomic E-state index is 0.0619. The first-order valence-corrected chi connectivity index (χ1v) is 9.07. The van der Waals surface area contributed by atoms with Gasteiger partial charge in [-0.05, 0) is 36.8 Å². The third-order valence-electron chi connectivity index (χ3n) is 3.53. The van der Waals surface area contributed by atoms with E-state index in [0.29, 0.717) is 21.8 Å². The molecule has 0 fully saturated rings. The first-order chi connectivity index (χ1) is 12.0. The van der Waals surface area contributed by atoms with Crippen molar-refractivity contribution in [3.05, 3.63) is 65.2 Å². The molecule has 3 rings (SSSR count). The second-order valence-electron chi connectivity index (χ2n) is 5.14. The molecule has 8 heteroatoms. The molecule has 3 aromatic rings. The Morgan fingerprint density at radius 3 is 2.52 bits per heavy atom. The van der Waals surface area contributed by atoms with Crippen LogP contribution in [0.3, 0.4) is 0 Å². The molecule has 1 N–H and O–H groups in total. The summed E-state index contributed by atoms with van der Waals surface area (Å²) in [6.45, 7) is 1.77. The van der Waals surface area contributed by atoms with Crippen LogP contribution in [-0.2, 0) is 11.3 Å². The number of benzene rings is 1. The maximum absolute atomic E-state index is 11.9. The van der Waals surface area contributed by atoms with E-state index >= 15 is 0 Å². The van der Waals surface area contributed by atoms with Crippen molar-refractivity contribution in [1.82, 2.24) is 4.98 Å². The number of aromatic carboxylic acids is 1. The summed E-state index contributed by atoms with van der Waals surface area (Å²) in [5.41, 5.74) is 1.81. The van der Waals surface area contributed by atoms with Gasteiger partial charge in [0, 0.05) is 6.20 Å². The zero-order valence-corrected chi connectivity index (χ0v) is 14.7. The molecule has 1 unspecified atom stereocenters. The van der Waals surface area contributed by atoms with E-state index in [-0.39, 0.29) is 10.6 Å². The van der Waals surface area contributed by atoms with Gasteiger partial charge in [0.1, 0.15) is 4.88 Å². The Kier molecular flexibility index (Phi) is 4.93. The van der Waals surface area contributed by atoms with Crippen LogP contribution in [0.4, 0.5) is 11.4 Å². The number of nitrogens with zero attached hydrogens (tertiary/aromatic N) is 2. The number of anilines is 2. The van der Waals surface area contributed by atoms with Gasteiger partial charge >= 0.3 is 5.97 Å². The van der Waals surface area contributed by atoms with Gasteiger partial charge in [-0.1, -0.05) is 24.3 Å². The highest BCUT2D eigenvalue weighted by Crippen LogP contribution is 2.40. The van der Waals surface area contributed by atoms with Crippen LogP contribution < -0.4 is 4.31 Å². The smallest absolute Gasteiger partial charge is 0.348 e. The van der Waals surface area contributed by atoms with Crippen molar-refractivity contribution < 1.29 is 18.7 Å². The molecule has 2 heterocycles. The monoisotopic (exact) mass is 373 g/mol. The summed E-state index contributed by atoms with van der Waals surface area (Å²) in [5, 5.41) is 9.54. The fraction of sp³-hybridized carbons (Fsp3) is 0.0588. The predicted octanol–water partition coefficient (Wildman–Crippen LogP) is 3.75. The Morgan fingerprint density at radius 1 is 1.20 bits per heavy atom. The number of aromatic nitrogens is 1. The molecule has 0 spiro atoms. The van der Waals surface area contributed by atoms with Crippen LogP contribution in [0.2, 0.25) is 0 Å². The average molecular weight is 373 g/mol. The van der Waals surface area contributed by atoms with E-state index < -0.39 is 17.2 Å². The second-order valence-corrected chi connectivity index (χ2v) is 6.99. The summed E-state index contributed by atoms with van der Waals surface area (Å²) in [5.74, 6) is -1.19. The summed E-state index contributed by atoms with van der Waals surface area (Å²) in [6.07, 6.45) is 1.60. The molecule has 6 nitrogen and oxygen atoms in total. The third-order valence-corrected chi connectivity index (χ3v) is 5.35. The number of hydrogen-bond donors (Lipinski definition) is 1. The van der Waals surface area contributed by atoms with Crippen molar-refractivity contribution in [2.75, 3.05) is 4.31 Å². The van der Waals surface area contributed by atoms with Crippen LogP contribution >= 0.6 is 11.3 Å². The zero-order chi connectivity index (χ0) is 18.0. The predicted molar refractivity (Wildman–Crippen MR) is 96.7 cm³/mol. The molecule has 0 aliphatic heterocycles. The lowest BCUT2D eigenvalue weighted by Gasteiger charge is -2.27. The number of rotatable bonds is 5. The molecule has 0 bridgehead atoms. The summed E-state index contributed by atoms with van der Waals surface area (Å²) >= 11 is -1.69. The molecular weight excluding hydrogens is 360 g/mol. The van der Waals surface area contributed by atoms with Crippen LogP contribution in [0.5, 0.6) is 0 Å². The van der Waals surface area contributed by atoms with Gasteiger partial charge in [0.05, 0.1) is 33.2 Å². The van der Waals surface area contributed by atoms with E-state index in [1.54, 1.807) is 61.7 Å². The molecule has 0 saturated carbocycles. The Labute approximate surface area is 150 Å². The second kappa shape index (κ2) is 7.14. The lowest BCUT2D eigenvalue weighted by Crippen LogP contribution is -2.21. The van der Waals surface area contributed by atoms with Crippen molar-refractivity contribution in [3.63, 3.8) is 0 Å². The number of pyridine rings is 1. The summed E-state index contributed by atoms with van der Waals surface area (Å²) < 4.78 is 24.8. The fourth-order valence-corrected chi connectivity index (χ4v) is 4.09. The average Bonchev–Trinajstić information content (AvgIpc) is 3.02. The number of carbonyl (C=O) groups is 1. The first-order valence-electron chi connectivity index (χ1n) is 7.22. The van der Waals surface area contributed by atoms with Gasteiger partial charge in [-0.25, -0.2) is 4.79 Å². The van der Waals surface area contributed by atoms with Crippen molar-refractivity contribution in [1.29, 1.82) is 0 Å². The Morgan fingerprint density at radius 2 is 1.92 bits per heavy atom. The fourth-order valence-electron chi connectivity index (χ4n) is 2.40. The first kappa shape index (κ1) is 17.3. The molecule has 0 aliphatic rings. The molecule has 25 heavy (non-hydrogen) atoms. The van der Waals surface area contributed by atoms with Crippen LogP contribution in [0.25, 0.3) is 10.6 Å². The summed E-state index contributed by atoms with van der Waals surface area (Å²) in [6, 6.07) is 13.7. The minimum Gasteiger partial charge on any atom is -0.755 e. The van der Waals surface area contributed by atoms with Crippen LogP contribution in [-0.4, -0.2) is 24.8 Å². The van der Waals surface area contributed by atoms with Crippen molar-refractivity contribution in [2.45, 2.75) is 6.92 Å². The normalized spacial score (nSPS) is 11.9. The maximum Gasteiger partial charge on any atom is 0.348 e. The van der Waals surface area contributed by atoms with Gasteiger partial charge in [-0.3, -0.25) is 13.5 Å². The van der Waals surface area contributed by atoms with Gasteiger partial charge in [-0.2, -0.15) is 0 Å². The number of aryl methyl sites for hydroxylation is 1. The summed E-state index contributed by atoms with van der Waals surface area (Å²) in [4.78, 5) is 16.4. The van der Waals surface area contributed by atoms with Crippen molar-refractivity contribution in [3.8, 4) is 10.6 Å². The highest BCUT2D eigenvalue weighted by atomic mass is 32.2. The molecule has 2 aromatic heterocycles. The molecule has 128 valence electrons. The Bertz CT molecular complexity index is 941. The van der Waals surface area contributed by atoms with Gasteiger partial charge < -0.3 is 9.66 Å². The number of thiophene rings is 1. The lowest BCUT2D eigenvalue weighted by atomic mass is 10.2. The molecule has 1 aromatic carbocycles. The van der Waals surface area contributed by atoms with E-state index in [1.807, 2.05) is 0 Å². The number of carboxylic acids is 1. The van der Waals surface area contributed by atoms with Crippen LogP contribution in [0.15, 0.2) is 54.7 Å². The number of para-hydroxylation sites is 1. The molecule has 0 saturated heterocycles. The van der Waals surface area contributed by atoms with E-state index in [1.165, 1.54) is 0 Å². The highest BCUT2D eigenvalue weighted by Gasteiger charge is 2.24. The Hall–Kier alpha value is -2.55. The number of hydrogen-bond acceptors (Lipinski definition) is 5. The minimum atomic E-state index is -2.68. The van der Waals surface area contributed by atoms with Gasteiger partial charge in [0.25, 0.3) is 0 Å². The molecular formula is C17H13N2O4S2-. The van der Waals surface area contributed by atoms with Crippen LogP contribution in [0.1, 0.15) is 15.2 Å². The van der Waals surface area contributed by atoms with E-state index in [4.69, 9.17) is 0 Å². The zero-order valence-electron chi connectivity index (χ0n) is 13.1. The standard InChI is InChI=1S/C17H14N2O4S2/c1-11-6-2-3-8-13(11)19(25(22)23)14-10-15(24-16(14)17(20)21)12-7-4-5-9-18-12/h2-10H,1H3,(H,20,21)(H,22,23)/p-1. The SMILES string of the molecule is Cc1ccccc1N(c1cc(-c2ccccn2)sc1C(=O)O)S(=O)[O-]. The van der Waals surface area contributed by atoms with Gasteiger partial charge in [0.15, 0.2) is 0 Å². The third kappa shape index (κ3) is 3.46. The van der Waals surface area contributed by atoms with Crippen molar-refractivity contribution in [2.24, 2.45) is 0 Å². The van der Waals surface area contributed by atoms with Gasteiger partial charge in [0.2, 0.25) is 0 Å². The van der Waals surface area contributed by atoms with E-state index in [2.05, 4.69) is 4.98 Å². The highest BCUT2D eigenvalue weighted by molar-refractivity contribution is 7.81. The molecule has 0 amide bonds. The van der Waals surface area contributed by atoms with Crippen molar-refractivity contribution >= 4 is 39.9 Å². The van der Waals surface area contributed by atoms with E-state index in [9.17, 15) is 18.7 Å².